The fourth-order valence-electron chi connectivity index (χ4n) is 14.5. The van der Waals surface area contributed by atoms with E-state index in [2.05, 4.69) is 208 Å². The maximum Gasteiger partial charge on any atom is 0.200 e. The van der Waals surface area contributed by atoms with Crippen LogP contribution in [0.1, 0.15) is 135 Å². The number of likely N-dealkylation sites (N-methyl/N-ethyl adjacent to an activating group) is 5. The number of aromatic amines is 2. The van der Waals surface area contributed by atoms with Gasteiger partial charge in [0.2, 0.25) is 29.8 Å². The van der Waals surface area contributed by atoms with Gasteiger partial charge in [0.15, 0.2) is 41.7 Å². The molecule has 808 valence electrons. The van der Waals surface area contributed by atoms with E-state index in [1.165, 1.54) is 11.4 Å². The highest BCUT2D eigenvalue weighted by atomic mass is 16.3. The lowest BCUT2D eigenvalue weighted by molar-refractivity contribution is 0.441. The first-order valence-corrected chi connectivity index (χ1v) is 50.7. The van der Waals surface area contributed by atoms with Crippen molar-refractivity contribution in [2.24, 2.45) is 114 Å². The molecule has 46 nitrogen and oxygen atoms in total. The summed E-state index contributed by atoms with van der Waals surface area (Å²) < 4.78 is 31.8. The number of aliphatic imine (C=N–C) groups is 16. The van der Waals surface area contributed by atoms with Gasteiger partial charge >= 0.3 is 0 Å². The number of guanidine groups is 12. The lowest BCUT2D eigenvalue weighted by Crippen LogP contribution is -2.47. The molecule has 148 heavy (non-hydrogen) atoms. The van der Waals surface area contributed by atoms with E-state index in [1.807, 2.05) is 208 Å². The second-order valence-electron chi connectivity index (χ2n) is 37.5. The molecule has 0 radical (unpaired) electrons. The van der Waals surface area contributed by atoms with Gasteiger partial charge < -0.3 is 121 Å². The molecule has 8 aromatic rings. The summed E-state index contributed by atoms with van der Waals surface area (Å²) in [5.74, 6) is 17.0. The number of nitrogens with two attached hydrogens (primary N) is 6. The van der Waals surface area contributed by atoms with E-state index in [1.54, 1.807) is 37.6 Å². The highest BCUT2D eigenvalue weighted by molar-refractivity contribution is 6.04. The summed E-state index contributed by atoms with van der Waals surface area (Å²) in [5, 5.41) is 28.4. The van der Waals surface area contributed by atoms with E-state index < -0.39 is 0 Å². The minimum atomic E-state index is 0.0865. The van der Waals surface area contributed by atoms with Gasteiger partial charge in [-0.25, -0.2) is 34.9 Å². The second-order valence-corrected chi connectivity index (χ2v) is 37.5. The van der Waals surface area contributed by atoms with Crippen LogP contribution in [0, 0.1) is 0 Å². The van der Waals surface area contributed by atoms with Crippen molar-refractivity contribution in [3.05, 3.63) is 193 Å². The fourth-order valence-corrected chi connectivity index (χ4v) is 14.5. The lowest BCUT2D eigenvalue weighted by atomic mass is 10.2. The van der Waals surface area contributed by atoms with Crippen LogP contribution in [0.5, 0.6) is 0 Å². The van der Waals surface area contributed by atoms with E-state index in [9.17, 15) is 0 Å². The number of amidine groups is 4. The summed E-state index contributed by atoms with van der Waals surface area (Å²) in [7, 11) is 18.0. The number of nitrogens with zero attached hydrogens (tertiary/aromatic N) is 23. The highest BCUT2D eigenvalue weighted by Gasteiger charge is 2.26. The quantitative estimate of drug-likeness (QED) is 0.0334. The van der Waals surface area contributed by atoms with Crippen LogP contribution in [-0.2, 0) is 51.4 Å². The van der Waals surface area contributed by atoms with Crippen LogP contribution < -0.4 is 82.3 Å². The Balaban J connectivity index is 0.000000188. The first-order valence-electron chi connectivity index (χ1n) is 50.7. The van der Waals surface area contributed by atoms with Crippen LogP contribution in [0.15, 0.2) is 253 Å². The van der Waals surface area contributed by atoms with Gasteiger partial charge in [0, 0.05) is 209 Å². The van der Waals surface area contributed by atoms with Crippen LogP contribution >= 0.6 is 0 Å². The third kappa shape index (κ3) is 43.5. The molecule has 0 spiro atoms. The van der Waals surface area contributed by atoms with Gasteiger partial charge in [0.05, 0.1) is 131 Å². The van der Waals surface area contributed by atoms with Crippen molar-refractivity contribution in [1.29, 1.82) is 0 Å². The normalized spacial score (nSPS) is 21.8. The van der Waals surface area contributed by atoms with E-state index in [0.29, 0.717) is 106 Å². The Kier molecular flexibility index (Phi) is 48.5. The summed E-state index contributed by atoms with van der Waals surface area (Å²) in [4.78, 5) is 92.0. The first-order chi connectivity index (χ1) is 71.0. The molecule has 23 N–H and O–H groups in total. The molecule has 0 saturated heterocycles. The molecule has 0 fully saturated rings. The van der Waals surface area contributed by atoms with Crippen LogP contribution in [0.2, 0.25) is 0 Å². The molecular formula is C102H164N40O6. The zero-order chi connectivity index (χ0) is 107. The Morgan fingerprint density at radius 1 is 0.304 bits per heavy atom. The van der Waals surface area contributed by atoms with Gasteiger partial charge in [0.25, 0.3) is 0 Å². The predicted octanol–water partition coefficient (Wildman–Crippen LogP) is 5.92. The van der Waals surface area contributed by atoms with Crippen molar-refractivity contribution in [2.45, 2.75) is 207 Å². The van der Waals surface area contributed by atoms with Gasteiger partial charge in [-0.3, -0.25) is 76.8 Å². The summed E-state index contributed by atoms with van der Waals surface area (Å²) in [5.41, 5.74) is 37.0. The third-order valence-corrected chi connectivity index (χ3v) is 23.8. The number of aromatic nitrogens is 2. The van der Waals surface area contributed by atoms with Crippen molar-refractivity contribution in [3.63, 3.8) is 0 Å². The lowest BCUT2D eigenvalue weighted by Gasteiger charge is -2.24. The Morgan fingerprint density at radius 3 is 1.14 bits per heavy atom. The summed E-state index contributed by atoms with van der Waals surface area (Å²) in [6.07, 6.45) is 22.1. The molecule has 8 aliphatic heterocycles. The largest absolute Gasteiger partial charge is 0.469 e. The number of H-pyrrole nitrogens is 2. The Hall–Kier alpha value is -15.4. The molecule has 11 unspecified atom stereocenters. The molecule has 0 aromatic carbocycles. The summed E-state index contributed by atoms with van der Waals surface area (Å²) >= 11 is 0. The van der Waals surface area contributed by atoms with Crippen LogP contribution in [0.25, 0.3) is 0 Å². The minimum Gasteiger partial charge on any atom is -0.469 e. The summed E-state index contributed by atoms with van der Waals surface area (Å²) in [6, 6.07) is 33.2. The number of nitrogens with one attached hydrogen (secondary N) is 11. The van der Waals surface area contributed by atoms with Crippen LogP contribution in [-0.4, -0.2) is 354 Å². The smallest absolute Gasteiger partial charge is 0.200 e. The average Bonchev–Trinajstić information content (AvgIpc) is 1.80. The Morgan fingerprint density at radius 2 is 0.655 bits per heavy atom. The monoisotopic (exact) mass is 2050 g/mol. The first kappa shape index (κ1) is 116. The van der Waals surface area contributed by atoms with Gasteiger partial charge in [-0.15, -0.1) is 0 Å². The number of hydrogen-bond donors (Lipinski definition) is 17. The third-order valence-electron chi connectivity index (χ3n) is 23.8. The molecule has 0 saturated carbocycles. The van der Waals surface area contributed by atoms with Gasteiger partial charge in [0.1, 0.15) is 57.9 Å². The Bertz CT molecular complexity index is 5460. The van der Waals surface area contributed by atoms with E-state index in [-0.39, 0.29) is 60.4 Å². The topological polar surface area (TPSA) is 595 Å². The molecule has 46 heteroatoms. The van der Waals surface area contributed by atoms with Crippen molar-refractivity contribution < 1.29 is 26.5 Å². The van der Waals surface area contributed by atoms with Crippen molar-refractivity contribution in [3.8, 4) is 0 Å². The fraction of sp³-hybridized carbons (Fsp3) is 0.529. The van der Waals surface area contributed by atoms with E-state index in [4.69, 9.17) is 65.9 Å². The maximum absolute atomic E-state index is 5.85. The van der Waals surface area contributed by atoms with Crippen LogP contribution in [0.3, 0.4) is 0 Å². The van der Waals surface area contributed by atoms with Gasteiger partial charge in [-0.2, -0.15) is 0 Å². The van der Waals surface area contributed by atoms with Crippen molar-refractivity contribution >= 4 is 94.9 Å². The second kappa shape index (κ2) is 61.8. The number of hydrogen-bond acceptors (Lipinski definition) is 39. The SMILES string of the molecule is CC1CN=C(N(C)C)NC(N(C)CCc2ccco2)=N1.CC1CN=C(N)CC(=NCCc2ccc[nH]2)N1.CC1CN=C(N)CC(N(C)CCc2ccc[nH]2)=N1.CC1CN=C(N)NC(=NCCc2ccco2)N1.CC1CN=C(N)NC(N(C)CCc2ccco2)=N1.CC1N=C(N(C)C)NC(N(C)CCc2ccco2)=NC1C.CC1N=C(N)NC(=NCCc2ccco2)NC1C.CC1N=C(N)NC(N(C)CCc2ccco2)=NC1C. The number of rotatable bonds is 24. The molecule has 8 aromatic heterocycles. The molecule has 11 atom stereocenters. The van der Waals surface area contributed by atoms with E-state index in [0.717, 1.165) is 179 Å². The molecule has 0 bridgehead atoms. The van der Waals surface area contributed by atoms with E-state index >= 15 is 0 Å². The zero-order valence-corrected chi connectivity index (χ0v) is 90.2. The van der Waals surface area contributed by atoms with Crippen molar-refractivity contribution in [2.75, 3.05) is 149 Å². The molecule has 16 rings (SSSR count). The molecule has 0 aliphatic carbocycles. The summed E-state index contributed by atoms with van der Waals surface area (Å²) in [6.45, 7) is 32.2. The minimum absolute atomic E-state index is 0.0865. The van der Waals surface area contributed by atoms with Gasteiger partial charge in [-0.05, 0) is 173 Å². The number of furan rings is 6. The molecule has 16 heterocycles. The predicted molar refractivity (Wildman–Crippen MR) is 599 cm³/mol. The average molecular weight is 2050 g/mol. The molecule has 0 amide bonds. The van der Waals surface area contributed by atoms with Crippen molar-refractivity contribution in [1.82, 2.24) is 92.1 Å². The van der Waals surface area contributed by atoms with Crippen LogP contribution in [0.4, 0.5) is 0 Å². The molecule has 8 aliphatic rings. The highest BCUT2D eigenvalue weighted by Crippen LogP contribution is 2.16. The molecular weight excluding hydrogens is 1880 g/mol. The Labute approximate surface area is 871 Å². The maximum atomic E-state index is 5.85. The zero-order valence-electron chi connectivity index (χ0n) is 90.2. The van der Waals surface area contributed by atoms with Gasteiger partial charge in [-0.1, -0.05) is 0 Å². The standard InChI is InChI=1S/C15H25N5O.C14H23N5O.C13H21N5O.C13H21N5.2C12H19N5O.C12H19N5.C11H17N5O/c1-11-12(2)17-15(18-14(16-11)19(3)4)20(5)9-8-13-7-6-10-21-13;1-11-10-15-13(18(2)3)17-14(16-11)19(4)8-7-12-6-5-9-20-12;1-9-10(2)16-13(17-12(14)15-9)18(3)7-6-11-5-4-8-19-11;1-10-9-16-12(14)8-13(17-10)18(2)7-5-11-4-3-6-15-11;1-9-8-14-11(13)16-12(15-9)17(2)6-5-10-4-3-7-18-10;1-8-9(2)16-12(17-11(13)15-8)14-6-5-10-4-3-7-18-10;1-9-8-16-11(13)7-12(17-9)15-6-4-10-3-2-5-14-10;1-8-7-14-10(12)16-11(15-8)13-5-4-9-3-2-6-17-9/h6-7,10-12H,8-9H2,1-5H3,(H,16,17,18);5-6,9,11H,7-8,10H2,1-4H3,(H,15,16,17);4-5,8-10H,6-7H2,1-3H3,(H3,14,15,16,17);3-4,6,10,15H,5,7-9H2,1-2H3,(H2,14,16);3-4,7,9H,5-6,8H2,1-2H3,(H3,13,14,15,16);3-4,7-9H,5-6H2,1-2H3,(H4,13,14,15,16,17);2-3,5,9,14H,4,6-8H2,1H3,(H2,13,16)(H,15,17);2-3,6,8H,4-5,7H2,1H3,(H4,12,13,14,15,16).